The first kappa shape index (κ1) is 25.9. The van der Waals surface area contributed by atoms with Crippen molar-refractivity contribution in [1.29, 1.82) is 0 Å². The number of piperidine rings is 1. The van der Waals surface area contributed by atoms with E-state index < -0.39 is 5.97 Å². The number of hydrogen-bond acceptors (Lipinski definition) is 4. The topological polar surface area (TPSA) is 84.5 Å². The van der Waals surface area contributed by atoms with Crippen LogP contribution in [0.5, 0.6) is 0 Å². The van der Waals surface area contributed by atoms with E-state index in [0.717, 1.165) is 43.4 Å². The number of quaternary nitrogens is 1. The van der Waals surface area contributed by atoms with Crippen LogP contribution in [0.4, 0.5) is 5.69 Å². The largest absolute Gasteiger partial charge is 0.465 e. The Labute approximate surface area is 213 Å². The highest BCUT2D eigenvalue weighted by Crippen LogP contribution is 2.32. The Morgan fingerprint density at radius 1 is 1.00 bits per heavy atom. The maximum Gasteiger partial charge on any atom is 0.339 e. The van der Waals surface area contributed by atoms with Crippen molar-refractivity contribution in [2.45, 2.75) is 58.0 Å². The molecular weight excluding hydrogens is 454 g/mol. The van der Waals surface area contributed by atoms with Gasteiger partial charge < -0.3 is 19.9 Å². The number of methoxy groups -OCH3 is 1. The highest BCUT2D eigenvalue weighted by molar-refractivity contribution is 6.02. The number of hydrogen-bond donors (Lipinski definition) is 2. The molecule has 0 radical (unpaired) electrons. The fraction of sp³-hybridized carbons (Fsp3) is 0.448. The number of likely N-dealkylation sites (tertiary alicyclic amines) is 1. The average molecular weight is 492 g/mol. The van der Waals surface area contributed by atoms with Crippen LogP contribution in [-0.2, 0) is 20.9 Å². The van der Waals surface area contributed by atoms with E-state index in [4.69, 9.17) is 4.74 Å². The number of nitrogens with zero attached hydrogens (tertiary/aromatic N) is 1. The molecule has 1 saturated carbocycles. The molecule has 2 aromatic rings. The fourth-order valence-electron chi connectivity index (χ4n) is 5.58. The number of anilines is 1. The molecule has 2 aliphatic rings. The molecule has 0 aromatic heterocycles. The second-order valence-electron chi connectivity index (χ2n) is 10.2. The highest BCUT2D eigenvalue weighted by Gasteiger charge is 2.33. The molecule has 1 heterocycles. The summed E-state index contributed by atoms with van der Waals surface area (Å²) in [5.74, 6) is -0.849. The molecule has 2 unspecified atom stereocenters. The van der Waals surface area contributed by atoms with E-state index in [1.54, 1.807) is 12.1 Å². The molecule has 36 heavy (non-hydrogen) atoms. The van der Waals surface area contributed by atoms with Crippen LogP contribution in [-0.4, -0.2) is 48.5 Å². The normalized spacial score (nSPS) is 22.1. The van der Waals surface area contributed by atoms with Gasteiger partial charge in [0, 0.05) is 11.6 Å². The van der Waals surface area contributed by atoms with Crippen LogP contribution in [0.2, 0.25) is 0 Å². The van der Waals surface area contributed by atoms with Gasteiger partial charge in [-0.3, -0.25) is 9.59 Å². The summed E-state index contributed by atoms with van der Waals surface area (Å²) < 4.78 is 5.30. The third kappa shape index (κ3) is 6.32. The lowest BCUT2D eigenvalue weighted by Crippen LogP contribution is -2.56. The number of esters is 1. The lowest BCUT2D eigenvalue weighted by Gasteiger charge is -2.52. The number of benzene rings is 2. The van der Waals surface area contributed by atoms with Gasteiger partial charge in [0.15, 0.2) is 5.91 Å². The maximum atomic E-state index is 13.4. The zero-order chi connectivity index (χ0) is 25.5. The predicted octanol–water partition coefficient (Wildman–Crippen LogP) is 4.37. The van der Waals surface area contributed by atoms with Gasteiger partial charge >= 0.3 is 5.97 Å². The summed E-state index contributed by atoms with van der Waals surface area (Å²) in [6, 6.07) is 15.6. The number of aryl methyl sites for hydroxylation is 1. The van der Waals surface area contributed by atoms with Gasteiger partial charge in [-0.05, 0) is 43.7 Å². The predicted molar refractivity (Wildman–Crippen MR) is 139 cm³/mol. The van der Waals surface area contributed by atoms with E-state index >= 15 is 0 Å². The van der Waals surface area contributed by atoms with E-state index in [9.17, 15) is 14.4 Å². The van der Waals surface area contributed by atoms with E-state index in [1.165, 1.54) is 20.0 Å². The molecule has 2 amide bonds. The van der Waals surface area contributed by atoms with Crippen LogP contribution in [0.25, 0.3) is 0 Å². The molecule has 7 heteroatoms. The van der Waals surface area contributed by atoms with Crippen molar-refractivity contribution >= 4 is 23.5 Å². The van der Waals surface area contributed by atoms with E-state index in [-0.39, 0.29) is 30.3 Å². The van der Waals surface area contributed by atoms with Gasteiger partial charge in [-0.2, -0.15) is 0 Å². The summed E-state index contributed by atoms with van der Waals surface area (Å²) >= 11 is 0. The minimum atomic E-state index is -0.490. The minimum Gasteiger partial charge on any atom is -0.465 e. The number of rotatable bonds is 8. The SMILES string of the molecule is COC(=O)c1cccc(C)c1NC(=O)C[N+]1(Cc2ccccc2)[CH-]C(C(=O)NC2CCCC2)CCC1. The molecule has 1 aliphatic heterocycles. The van der Waals surface area contributed by atoms with Crippen LogP contribution < -0.4 is 10.6 Å². The highest BCUT2D eigenvalue weighted by atomic mass is 16.5. The molecule has 192 valence electrons. The number of carbonyl (C=O) groups is 3. The lowest BCUT2D eigenvalue weighted by molar-refractivity contribution is -0.911. The summed E-state index contributed by atoms with van der Waals surface area (Å²) in [5.41, 5.74) is 2.71. The lowest BCUT2D eigenvalue weighted by atomic mass is 9.93. The summed E-state index contributed by atoms with van der Waals surface area (Å²) in [7, 11) is 1.33. The van der Waals surface area contributed by atoms with Crippen molar-refractivity contribution in [2.24, 2.45) is 5.92 Å². The maximum absolute atomic E-state index is 13.4. The first-order valence-electron chi connectivity index (χ1n) is 12.9. The molecular formula is C29H37N3O4. The minimum absolute atomic E-state index is 0.0736. The standard InChI is InChI=1S/C29H37N3O4/c1-21-10-8-16-25(29(35)36-2)27(21)31-26(33)20-32(18-22-11-4-3-5-12-22)17-9-13-23(19-32)28(34)30-24-14-6-7-15-24/h3-5,8,10-12,16,19,23-24H,6-7,9,13-15,17-18,20H2,1-2H3,(H,30,34)(H,31,33). The molecule has 1 saturated heterocycles. The molecule has 2 aromatic carbocycles. The van der Waals surface area contributed by atoms with Crippen molar-refractivity contribution < 1.29 is 23.6 Å². The molecule has 2 N–H and O–H groups in total. The van der Waals surface area contributed by atoms with Gasteiger partial charge in [-0.15, -0.1) is 6.54 Å². The molecule has 7 nitrogen and oxygen atoms in total. The Hall–Kier alpha value is -3.19. The summed E-state index contributed by atoms with van der Waals surface area (Å²) in [5, 5.41) is 6.22. The van der Waals surface area contributed by atoms with Crippen molar-refractivity contribution in [1.82, 2.24) is 5.32 Å². The second kappa shape index (κ2) is 11.7. The number of ether oxygens (including phenoxy) is 1. The van der Waals surface area contributed by atoms with Gasteiger partial charge in [0.25, 0.3) is 5.91 Å². The van der Waals surface area contributed by atoms with Gasteiger partial charge in [-0.1, -0.05) is 61.7 Å². The molecule has 2 fully saturated rings. The summed E-state index contributed by atoms with van der Waals surface area (Å²) in [4.78, 5) is 38.9. The Balaban J connectivity index is 1.54. The molecule has 2 atom stereocenters. The number of carbonyl (C=O) groups excluding carboxylic acids is 3. The van der Waals surface area contributed by atoms with Gasteiger partial charge in [0.2, 0.25) is 0 Å². The van der Waals surface area contributed by atoms with Crippen molar-refractivity contribution in [3.05, 3.63) is 71.8 Å². The monoisotopic (exact) mass is 491 g/mol. The number of nitrogens with one attached hydrogen (secondary N) is 2. The Morgan fingerprint density at radius 2 is 1.75 bits per heavy atom. The van der Waals surface area contributed by atoms with E-state index in [2.05, 4.69) is 29.3 Å². The zero-order valence-corrected chi connectivity index (χ0v) is 21.3. The molecule has 4 rings (SSSR count). The van der Waals surface area contributed by atoms with Crippen LogP contribution in [0.1, 0.15) is 60.0 Å². The van der Waals surface area contributed by atoms with Gasteiger partial charge in [0.1, 0.15) is 6.54 Å². The first-order valence-corrected chi connectivity index (χ1v) is 12.9. The van der Waals surface area contributed by atoms with E-state index in [0.29, 0.717) is 22.3 Å². The summed E-state index contributed by atoms with van der Waals surface area (Å²) in [6.07, 6.45) is 6.07. The number of para-hydroxylation sites is 1. The third-order valence-electron chi connectivity index (χ3n) is 7.39. The van der Waals surface area contributed by atoms with Crippen molar-refractivity contribution in [3.63, 3.8) is 0 Å². The average Bonchev–Trinajstić information content (AvgIpc) is 3.38. The third-order valence-corrected chi connectivity index (χ3v) is 7.39. The molecule has 0 bridgehead atoms. The van der Waals surface area contributed by atoms with Crippen LogP contribution in [0.15, 0.2) is 48.5 Å². The zero-order valence-electron chi connectivity index (χ0n) is 21.3. The van der Waals surface area contributed by atoms with Gasteiger partial charge in [-0.25, -0.2) is 4.79 Å². The smallest absolute Gasteiger partial charge is 0.339 e. The van der Waals surface area contributed by atoms with Crippen LogP contribution >= 0.6 is 0 Å². The Bertz CT molecular complexity index is 1080. The molecule has 0 spiro atoms. The summed E-state index contributed by atoms with van der Waals surface area (Å²) in [6.45, 7) is 5.51. The quantitative estimate of drug-likeness (QED) is 0.326. The molecule has 1 aliphatic carbocycles. The van der Waals surface area contributed by atoms with E-state index in [1.807, 2.05) is 31.2 Å². The van der Waals surface area contributed by atoms with Crippen LogP contribution in [0, 0.1) is 19.4 Å². The second-order valence-corrected chi connectivity index (χ2v) is 10.2. The fourth-order valence-corrected chi connectivity index (χ4v) is 5.58. The van der Waals surface area contributed by atoms with Gasteiger partial charge in [0.05, 0.1) is 31.5 Å². The van der Waals surface area contributed by atoms with Crippen molar-refractivity contribution in [2.75, 3.05) is 25.5 Å². The number of amides is 2. The van der Waals surface area contributed by atoms with Crippen LogP contribution in [0.3, 0.4) is 0 Å². The van der Waals surface area contributed by atoms with Crippen molar-refractivity contribution in [3.8, 4) is 0 Å². The Kier molecular flexibility index (Phi) is 8.41. The Morgan fingerprint density at radius 3 is 2.47 bits per heavy atom. The first-order chi connectivity index (χ1) is 17.4.